The first-order valence-electron chi connectivity index (χ1n) is 46.9. The summed E-state index contributed by atoms with van der Waals surface area (Å²) in [5.74, 6) is -24.3. The number of para-hydroxylation sites is 1. The zero-order valence-corrected chi connectivity index (χ0v) is 79.4. The number of carboxylic acid groups (broad SMARTS) is 1. The van der Waals surface area contributed by atoms with E-state index >= 15 is 66.3 Å². The third-order valence-electron chi connectivity index (χ3n) is 25.9. The topological polar surface area (TPSA) is 496 Å². The van der Waals surface area contributed by atoms with Crippen molar-refractivity contribution in [3.05, 3.63) is 208 Å². The van der Waals surface area contributed by atoms with Crippen LogP contribution in [0.25, 0.3) is 10.9 Å². The smallest absolute Gasteiger partial charge is 0.304 e. The Morgan fingerprint density at radius 2 is 1.02 bits per heavy atom. The van der Waals surface area contributed by atoms with Crippen LogP contribution >= 0.6 is 11.8 Å². The Morgan fingerprint density at radius 1 is 0.500 bits per heavy atom. The summed E-state index contributed by atoms with van der Waals surface area (Å²) >= 11 is 0.720. The Hall–Kier alpha value is -13.2. The van der Waals surface area contributed by atoms with Crippen LogP contribution in [0.5, 0.6) is 5.75 Å². The number of aromatic hydroxyl groups is 1. The minimum atomic E-state index is -1.85. The molecule has 0 saturated carbocycles. The lowest BCUT2D eigenvalue weighted by molar-refractivity contribution is -0.152. The van der Waals surface area contributed by atoms with Gasteiger partial charge < -0.3 is 88.8 Å². The third kappa shape index (κ3) is 29.4. The lowest BCUT2D eigenvalue weighted by Gasteiger charge is -2.38. The molecule has 7 aromatic rings. The predicted molar refractivity (Wildman–Crippen MR) is 509 cm³/mol. The number of nitrogens with two attached hydrogens (primary N) is 3. The number of amides is 12. The number of hydrogen-bond acceptors (Lipinski definition) is 20. The SMILES string of the molecule is CCCC[C@H]1C(=O)N2CCC[C@@H]2C(=O)C[C@@H](CC(=O)O)C(=O)C[C@@H](C(C)C)C(=O)N(C)[C@@H](Cc2ccccc2)C(=O)N[C@@H](Cc2ccc(CN)cc2)C(=O)N2CCC[C@@H]2C(=O)N[C@@H](Cc2c[nH]c3ccccc23)C(=O)N[C@@H](Cc2ccc(O)cc2)C(=O)N[C@@H](CCCCN)C(=O)N[C@H](C(=O)CCC(N)=O)CSCC(=O)N[C@@H](Cc2cc(F)c(F)c(F)c2)C(=O)N(C)[C@@H](Cc2ccccc2)C(=O)N1C. The number of halogens is 3. The lowest BCUT2D eigenvalue weighted by atomic mass is 9.82. The summed E-state index contributed by atoms with van der Waals surface area (Å²) in [6, 6.07) is 21.1. The first kappa shape index (κ1) is 107. The maximum Gasteiger partial charge on any atom is 0.304 e. The molecule has 0 aliphatic carbocycles. The largest absolute Gasteiger partial charge is 0.508 e. The van der Waals surface area contributed by atoms with Crippen LogP contribution in [0.15, 0.2) is 152 Å². The standard InChI is InChI=1S/C101H126F3N15O18S/c1-7-8-28-82-101(137)118-42-19-29-80(118)87(123)52-66(53-90(126)127)86(122)54-70(59(2)3)97(133)116(5)83(49-60-21-11-9-12-22-60)96(132)113-78(47-62-31-33-64(55-106)34-32-62)99(135)119-43-20-30-81(119)95(131)112-76(51-67-56-108-73-26-16-15-25-69(67)73)94(130)111-75(46-63-35-37-68(120)38-36-63)93(129)110-74(27-17-18-41-105)92(128)114-79(85(121)39-40-88(107)124)57-138-58-89(125)109-77(48-65-44-71(102)91(104)72(103)45-65)98(134)117(6)84(100(136)115(82)4)50-61-23-13-10-14-24-61/h9-16,21-26,31-38,44-45,56,59,66,70,74-84,108,120H,7-8,17-20,27-30,39-43,46-55,57-58,105-106H2,1-6H3,(H2,107,124)(H,109,125)(H,110,129)(H,111,130)(H,112,131)(H,113,132)(H,114,128)(H,126,127)/t66-,70-,74-,75-,76-,77-,78-,79-,80+,81+,82-,83-,84-/m0/s1. The highest BCUT2D eigenvalue weighted by atomic mass is 32.2. The molecule has 6 aromatic carbocycles. The van der Waals surface area contributed by atoms with E-state index in [0.717, 1.165) is 32.0 Å². The normalized spacial score (nSPS) is 23.3. The van der Waals surface area contributed by atoms with E-state index in [1.165, 1.54) is 55.2 Å². The van der Waals surface area contributed by atoms with E-state index in [1.54, 1.807) is 129 Å². The number of benzene rings is 6. The maximum absolute atomic E-state index is 15.9. The molecule has 4 heterocycles. The summed E-state index contributed by atoms with van der Waals surface area (Å²) in [5.41, 5.74) is 21.1. The molecule has 740 valence electrons. The molecular weight excluding hydrogens is 1800 g/mol. The number of nitrogens with zero attached hydrogens (tertiary/aromatic N) is 5. The molecule has 0 radical (unpaired) electrons. The van der Waals surface area contributed by atoms with Crippen molar-refractivity contribution in [2.45, 2.75) is 229 Å². The molecule has 0 spiro atoms. The zero-order chi connectivity index (χ0) is 100. The number of aromatic amines is 1. The van der Waals surface area contributed by atoms with Crippen molar-refractivity contribution in [3.63, 3.8) is 0 Å². The summed E-state index contributed by atoms with van der Waals surface area (Å²) in [4.78, 5) is 250. The first-order chi connectivity index (χ1) is 65.9. The molecule has 3 fully saturated rings. The lowest BCUT2D eigenvalue weighted by Crippen LogP contribution is -2.60. The number of carbonyl (C=O) groups is 16. The number of carbonyl (C=O) groups excluding carboxylic acids is 15. The summed E-state index contributed by atoms with van der Waals surface area (Å²) in [5, 5.41) is 38.3. The summed E-state index contributed by atoms with van der Waals surface area (Å²) in [6.45, 7) is 5.33. The fourth-order valence-electron chi connectivity index (χ4n) is 18.0. The number of aromatic nitrogens is 1. The molecule has 12 amide bonds. The minimum absolute atomic E-state index is 0.00989. The van der Waals surface area contributed by atoms with Crippen molar-refractivity contribution in [1.29, 1.82) is 0 Å². The van der Waals surface area contributed by atoms with Gasteiger partial charge in [-0.15, -0.1) is 11.8 Å². The number of nitrogens with one attached hydrogen (secondary N) is 7. The number of likely N-dealkylation sites (N-methyl/N-ethyl adjacent to an activating group) is 3. The van der Waals surface area contributed by atoms with Crippen LogP contribution in [0.4, 0.5) is 13.2 Å². The Bertz CT molecular complexity index is 5460. The number of fused-ring (bicyclic) bond motifs is 3. The number of ketones is 3. The molecule has 15 N–H and O–H groups in total. The Labute approximate surface area is 803 Å². The number of unbranched alkanes of at least 4 members (excludes halogenated alkanes) is 2. The number of hydrogen-bond donors (Lipinski definition) is 12. The highest BCUT2D eigenvalue weighted by Crippen LogP contribution is 2.32. The van der Waals surface area contributed by atoms with Crippen LogP contribution < -0.4 is 49.1 Å². The van der Waals surface area contributed by atoms with E-state index in [1.807, 2.05) is 6.92 Å². The van der Waals surface area contributed by atoms with Gasteiger partial charge >= 0.3 is 5.97 Å². The van der Waals surface area contributed by atoms with Gasteiger partial charge in [0.25, 0.3) is 0 Å². The Balaban J connectivity index is 1.06. The molecular formula is C101H126F3N15O18S. The van der Waals surface area contributed by atoms with Gasteiger partial charge in [-0.2, -0.15) is 0 Å². The molecule has 1 aromatic heterocycles. The third-order valence-corrected chi connectivity index (χ3v) is 26.9. The summed E-state index contributed by atoms with van der Waals surface area (Å²) in [7, 11) is 3.90. The van der Waals surface area contributed by atoms with Crippen molar-refractivity contribution in [1.82, 2.24) is 61.4 Å². The average molecular weight is 1930 g/mol. The highest BCUT2D eigenvalue weighted by molar-refractivity contribution is 8.00. The van der Waals surface area contributed by atoms with Crippen LogP contribution in [0.3, 0.4) is 0 Å². The predicted octanol–water partition coefficient (Wildman–Crippen LogP) is 6.06. The van der Waals surface area contributed by atoms with Crippen molar-refractivity contribution < 1.29 is 100 Å². The van der Waals surface area contributed by atoms with Crippen molar-refractivity contribution in [2.75, 3.05) is 52.3 Å². The number of rotatable bonds is 27. The van der Waals surface area contributed by atoms with E-state index in [4.69, 9.17) is 17.2 Å². The Kier molecular flexibility index (Phi) is 39.7. The van der Waals surface area contributed by atoms with E-state index in [0.29, 0.717) is 70.1 Å². The molecule has 3 aliphatic heterocycles. The van der Waals surface area contributed by atoms with E-state index in [2.05, 4.69) is 36.9 Å². The van der Waals surface area contributed by atoms with Gasteiger partial charge in [0.1, 0.15) is 65.9 Å². The van der Waals surface area contributed by atoms with Crippen molar-refractivity contribution in [2.24, 2.45) is 35.0 Å². The van der Waals surface area contributed by atoms with E-state index in [-0.39, 0.29) is 115 Å². The number of aliphatic carboxylic acids is 1. The van der Waals surface area contributed by atoms with Gasteiger partial charge in [-0.05, 0) is 133 Å². The molecule has 3 aliphatic rings. The molecule has 3 saturated heterocycles. The van der Waals surface area contributed by atoms with Gasteiger partial charge in [-0.3, -0.25) is 76.7 Å². The monoisotopic (exact) mass is 1930 g/mol. The van der Waals surface area contributed by atoms with Crippen LogP contribution in [0, 0.1) is 35.2 Å². The van der Waals surface area contributed by atoms with Gasteiger partial charge in [0.05, 0.1) is 24.3 Å². The fourth-order valence-corrected chi connectivity index (χ4v) is 18.9. The second-order valence-corrected chi connectivity index (χ2v) is 37.2. The van der Waals surface area contributed by atoms with Crippen molar-refractivity contribution >= 4 is 117 Å². The molecule has 37 heteroatoms. The van der Waals surface area contributed by atoms with Gasteiger partial charge in [0.15, 0.2) is 29.0 Å². The number of H-pyrrole nitrogens is 1. The number of Topliss-reactive ketones (excluding diaryl/α,β-unsaturated/α-hetero) is 3. The van der Waals surface area contributed by atoms with Crippen LogP contribution in [0.1, 0.15) is 156 Å². The van der Waals surface area contributed by atoms with Gasteiger partial charge in [-0.25, -0.2) is 13.2 Å². The zero-order valence-electron chi connectivity index (χ0n) is 78.5. The van der Waals surface area contributed by atoms with Crippen LogP contribution in [0.2, 0.25) is 0 Å². The Morgan fingerprint density at radius 3 is 1.63 bits per heavy atom. The summed E-state index contributed by atoms with van der Waals surface area (Å²) in [6.07, 6.45) is -1.97. The molecule has 138 heavy (non-hydrogen) atoms. The quantitative estimate of drug-likeness (QED) is 0.0206. The molecule has 10 rings (SSSR count). The molecule has 0 bridgehead atoms. The van der Waals surface area contributed by atoms with E-state index in [9.17, 15) is 33.8 Å². The fraction of sp³-hybridized carbons (Fsp3) is 0.465. The number of phenols is 1. The van der Waals surface area contributed by atoms with Gasteiger partial charge in [-0.1, -0.05) is 149 Å². The average Bonchev–Trinajstić information content (AvgIpc) is 1.51. The van der Waals surface area contributed by atoms with Crippen LogP contribution in [-0.2, 0) is 122 Å². The number of phenolic OH excluding ortho intramolecular Hbond substituents is 1. The van der Waals surface area contributed by atoms with Crippen molar-refractivity contribution in [3.8, 4) is 5.75 Å². The molecule has 13 atom stereocenters. The maximum atomic E-state index is 15.9. The van der Waals surface area contributed by atoms with Gasteiger partial charge in [0, 0.05) is 140 Å². The minimum Gasteiger partial charge on any atom is -0.508 e. The highest BCUT2D eigenvalue weighted by Gasteiger charge is 2.47. The first-order valence-corrected chi connectivity index (χ1v) is 48.0. The van der Waals surface area contributed by atoms with Gasteiger partial charge in [0.2, 0.25) is 70.9 Å². The molecule has 33 nitrogen and oxygen atoms in total. The second-order valence-electron chi connectivity index (χ2n) is 36.2. The van der Waals surface area contributed by atoms with Crippen LogP contribution in [-0.4, -0.2) is 253 Å². The molecule has 0 unspecified atom stereocenters. The number of thioether (sulfide) groups is 1. The van der Waals surface area contributed by atoms with E-state index < -0.39 is 246 Å². The summed E-state index contributed by atoms with van der Waals surface area (Å²) < 4.78 is 45.2. The number of carboxylic acids is 1. The second kappa shape index (κ2) is 51.3. The number of primary amides is 1.